The van der Waals surface area contributed by atoms with Crippen LogP contribution in [0, 0.1) is 13.8 Å². The van der Waals surface area contributed by atoms with Crippen LogP contribution in [-0.4, -0.2) is 25.8 Å². The second kappa shape index (κ2) is 8.15. The number of benzene rings is 1. The monoisotopic (exact) mass is 402 g/mol. The van der Waals surface area contributed by atoms with Crippen LogP contribution in [-0.2, 0) is 0 Å². The van der Waals surface area contributed by atoms with Gasteiger partial charge < -0.3 is 5.32 Å². The minimum absolute atomic E-state index is 0.221. The van der Waals surface area contributed by atoms with Crippen LogP contribution in [0.2, 0.25) is 0 Å². The third-order valence-electron chi connectivity index (χ3n) is 4.04. The molecule has 8 heteroatoms. The molecule has 7 nitrogen and oxygen atoms in total. The normalized spacial score (nSPS) is 10.6. The second-order valence-corrected chi connectivity index (χ2v) is 7.24. The van der Waals surface area contributed by atoms with E-state index in [0.29, 0.717) is 16.6 Å². The number of thiazole rings is 1. The van der Waals surface area contributed by atoms with Gasteiger partial charge in [-0.05, 0) is 56.3 Å². The van der Waals surface area contributed by atoms with Crippen LogP contribution in [0.15, 0.2) is 60.1 Å². The fraction of sp³-hybridized carbons (Fsp3) is 0.0952. The van der Waals surface area contributed by atoms with E-state index in [1.165, 1.54) is 11.3 Å². The SMILES string of the molecule is Cc1cc(C)nc(Nc2ccc(C(=O)Nc3nc(-c4ccccn4)cs3)cc2)n1. The van der Waals surface area contributed by atoms with E-state index in [9.17, 15) is 4.79 Å². The number of carbonyl (C=O) groups is 1. The highest BCUT2D eigenvalue weighted by molar-refractivity contribution is 7.14. The number of nitrogens with one attached hydrogen (secondary N) is 2. The molecule has 0 radical (unpaired) electrons. The summed E-state index contributed by atoms with van der Waals surface area (Å²) in [6.07, 6.45) is 1.71. The van der Waals surface area contributed by atoms with Crippen molar-refractivity contribution in [3.8, 4) is 11.4 Å². The number of nitrogens with zero attached hydrogens (tertiary/aromatic N) is 4. The predicted molar refractivity (Wildman–Crippen MR) is 115 cm³/mol. The number of aryl methyl sites for hydroxylation is 2. The minimum atomic E-state index is -0.221. The number of amides is 1. The number of pyridine rings is 1. The molecule has 2 N–H and O–H groups in total. The lowest BCUT2D eigenvalue weighted by atomic mass is 10.2. The van der Waals surface area contributed by atoms with Crippen molar-refractivity contribution in [1.29, 1.82) is 0 Å². The zero-order valence-corrected chi connectivity index (χ0v) is 16.7. The average Bonchev–Trinajstić information content (AvgIpc) is 3.17. The molecule has 0 saturated carbocycles. The first kappa shape index (κ1) is 18.7. The van der Waals surface area contributed by atoms with Crippen molar-refractivity contribution in [3.63, 3.8) is 0 Å². The van der Waals surface area contributed by atoms with Crippen LogP contribution in [0.1, 0.15) is 21.7 Å². The van der Waals surface area contributed by atoms with Gasteiger partial charge in [-0.1, -0.05) is 6.07 Å². The summed E-state index contributed by atoms with van der Waals surface area (Å²) in [5.41, 5.74) is 4.63. The summed E-state index contributed by atoms with van der Waals surface area (Å²) in [5.74, 6) is 0.311. The summed E-state index contributed by atoms with van der Waals surface area (Å²) in [7, 11) is 0. The summed E-state index contributed by atoms with van der Waals surface area (Å²) in [6.45, 7) is 3.84. The van der Waals surface area contributed by atoms with E-state index in [1.807, 2.05) is 55.6 Å². The Morgan fingerprint density at radius 3 is 2.38 bits per heavy atom. The van der Waals surface area contributed by atoms with Crippen LogP contribution in [0.4, 0.5) is 16.8 Å². The number of carbonyl (C=O) groups excluding carboxylic acids is 1. The van der Waals surface area contributed by atoms with E-state index in [0.717, 1.165) is 28.5 Å². The van der Waals surface area contributed by atoms with Crippen molar-refractivity contribution in [2.45, 2.75) is 13.8 Å². The lowest BCUT2D eigenvalue weighted by Crippen LogP contribution is -2.11. The fourth-order valence-corrected chi connectivity index (χ4v) is 3.45. The van der Waals surface area contributed by atoms with Crippen molar-refractivity contribution in [2.24, 2.45) is 0 Å². The highest BCUT2D eigenvalue weighted by Gasteiger charge is 2.11. The molecule has 0 unspecified atom stereocenters. The smallest absolute Gasteiger partial charge is 0.257 e. The van der Waals surface area contributed by atoms with Crippen molar-refractivity contribution >= 4 is 34.0 Å². The Morgan fingerprint density at radius 1 is 0.931 bits per heavy atom. The number of aromatic nitrogens is 4. The van der Waals surface area contributed by atoms with Gasteiger partial charge in [0.05, 0.1) is 5.69 Å². The van der Waals surface area contributed by atoms with Gasteiger partial charge in [-0.3, -0.25) is 15.1 Å². The van der Waals surface area contributed by atoms with Crippen molar-refractivity contribution in [3.05, 3.63) is 77.1 Å². The minimum Gasteiger partial charge on any atom is -0.324 e. The fourth-order valence-electron chi connectivity index (χ4n) is 2.75. The lowest BCUT2D eigenvalue weighted by molar-refractivity contribution is 0.102. The molecule has 144 valence electrons. The Morgan fingerprint density at radius 2 is 1.69 bits per heavy atom. The Balaban J connectivity index is 1.42. The van der Waals surface area contributed by atoms with E-state index >= 15 is 0 Å². The first-order valence-corrected chi connectivity index (χ1v) is 9.82. The van der Waals surface area contributed by atoms with Crippen LogP contribution in [0.3, 0.4) is 0 Å². The van der Waals surface area contributed by atoms with Gasteiger partial charge in [0.2, 0.25) is 5.95 Å². The van der Waals surface area contributed by atoms with E-state index in [1.54, 1.807) is 18.3 Å². The van der Waals surface area contributed by atoms with E-state index in [2.05, 4.69) is 30.6 Å². The maximum Gasteiger partial charge on any atom is 0.257 e. The molecule has 0 spiro atoms. The van der Waals surface area contributed by atoms with Crippen molar-refractivity contribution < 1.29 is 4.79 Å². The van der Waals surface area contributed by atoms with Crippen LogP contribution < -0.4 is 10.6 Å². The molecule has 0 bridgehead atoms. The number of rotatable bonds is 5. The van der Waals surface area contributed by atoms with Gasteiger partial charge in [0.25, 0.3) is 5.91 Å². The molecule has 1 amide bonds. The van der Waals surface area contributed by atoms with Gasteiger partial charge in [-0.2, -0.15) is 0 Å². The third kappa shape index (κ3) is 4.61. The summed E-state index contributed by atoms with van der Waals surface area (Å²) >= 11 is 1.36. The zero-order valence-electron chi connectivity index (χ0n) is 15.9. The molecule has 4 aromatic rings. The van der Waals surface area contributed by atoms with Gasteiger partial charge >= 0.3 is 0 Å². The Hall–Kier alpha value is -3.65. The molecular formula is C21H18N6OS. The molecule has 3 aromatic heterocycles. The summed E-state index contributed by atoms with van der Waals surface area (Å²) in [4.78, 5) is 29.9. The van der Waals surface area contributed by atoms with E-state index < -0.39 is 0 Å². The average molecular weight is 402 g/mol. The molecule has 0 saturated heterocycles. The molecule has 29 heavy (non-hydrogen) atoms. The summed E-state index contributed by atoms with van der Waals surface area (Å²) in [5, 5.41) is 8.38. The third-order valence-corrected chi connectivity index (χ3v) is 4.80. The van der Waals surface area contributed by atoms with Crippen LogP contribution in [0.25, 0.3) is 11.4 Å². The Labute approximate surface area is 171 Å². The van der Waals surface area contributed by atoms with Crippen LogP contribution >= 0.6 is 11.3 Å². The highest BCUT2D eigenvalue weighted by Crippen LogP contribution is 2.24. The largest absolute Gasteiger partial charge is 0.324 e. The number of hydrogen-bond acceptors (Lipinski definition) is 7. The maximum atomic E-state index is 12.5. The van der Waals surface area contributed by atoms with Crippen molar-refractivity contribution in [1.82, 2.24) is 19.9 Å². The first-order valence-electron chi connectivity index (χ1n) is 8.94. The lowest BCUT2D eigenvalue weighted by Gasteiger charge is -2.07. The molecule has 0 aliphatic heterocycles. The van der Waals surface area contributed by atoms with Gasteiger partial charge in [0, 0.05) is 34.2 Å². The van der Waals surface area contributed by atoms with Gasteiger partial charge in [-0.15, -0.1) is 11.3 Å². The Bertz CT molecular complexity index is 1120. The number of hydrogen-bond donors (Lipinski definition) is 2. The van der Waals surface area contributed by atoms with E-state index in [-0.39, 0.29) is 5.91 Å². The summed E-state index contributed by atoms with van der Waals surface area (Å²) < 4.78 is 0. The molecule has 0 aliphatic rings. The molecular weight excluding hydrogens is 384 g/mol. The van der Waals surface area contributed by atoms with Gasteiger partial charge in [0.15, 0.2) is 5.13 Å². The molecule has 0 fully saturated rings. The molecule has 1 aromatic carbocycles. The molecule has 0 aliphatic carbocycles. The van der Waals surface area contributed by atoms with Crippen molar-refractivity contribution in [2.75, 3.05) is 10.6 Å². The van der Waals surface area contributed by atoms with Crippen LogP contribution in [0.5, 0.6) is 0 Å². The van der Waals surface area contributed by atoms with Gasteiger partial charge in [0.1, 0.15) is 5.69 Å². The number of anilines is 3. The molecule has 3 heterocycles. The maximum absolute atomic E-state index is 12.5. The summed E-state index contributed by atoms with van der Waals surface area (Å²) in [6, 6.07) is 14.7. The quantitative estimate of drug-likeness (QED) is 0.506. The topological polar surface area (TPSA) is 92.7 Å². The standard InChI is InChI=1S/C21H18N6OS/c1-13-11-14(2)24-20(23-13)25-16-8-6-15(7-9-16)19(28)27-21-26-18(12-29-21)17-5-3-4-10-22-17/h3-12H,1-2H3,(H,23,24,25)(H,26,27,28). The second-order valence-electron chi connectivity index (χ2n) is 6.38. The van der Waals surface area contributed by atoms with Gasteiger partial charge in [-0.25, -0.2) is 15.0 Å². The highest BCUT2D eigenvalue weighted by atomic mass is 32.1. The first-order chi connectivity index (χ1) is 14.1. The zero-order chi connectivity index (χ0) is 20.2. The Kier molecular flexibility index (Phi) is 5.26. The van der Waals surface area contributed by atoms with E-state index in [4.69, 9.17) is 0 Å². The predicted octanol–water partition coefficient (Wildman–Crippen LogP) is 4.61. The molecule has 4 rings (SSSR count). The molecule has 0 atom stereocenters.